The third kappa shape index (κ3) is 6.09. The predicted octanol–water partition coefficient (Wildman–Crippen LogP) is 3.40. The van der Waals surface area contributed by atoms with Crippen molar-refractivity contribution < 1.29 is 23.8 Å². The minimum atomic E-state index is -1.25. The Morgan fingerprint density at radius 3 is 2.11 bits per heavy atom. The summed E-state index contributed by atoms with van der Waals surface area (Å²) >= 11 is 0. The van der Waals surface area contributed by atoms with Crippen LogP contribution in [0.1, 0.15) is 37.9 Å². The van der Waals surface area contributed by atoms with Gasteiger partial charge in [-0.15, -0.1) is 0 Å². The molecule has 0 radical (unpaired) electrons. The van der Waals surface area contributed by atoms with Crippen LogP contribution in [-0.2, 0) is 25.7 Å². The molecular weight excluding hydrogens is 358 g/mol. The molecule has 6 nitrogen and oxygen atoms in total. The summed E-state index contributed by atoms with van der Waals surface area (Å²) in [6.45, 7) is 5.62. The largest absolute Gasteiger partial charge is 0.489 e. The molecule has 0 amide bonds. The van der Waals surface area contributed by atoms with Crippen molar-refractivity contribution in [2.45, 2.75) is 39.0 Å². The Hall–Kier alpha value is -2.86. The first-order valence-corrected chi connectivity index (χ1v) is 9.04. The Bertz CT molecular complexity index is 781. The van der Waals surface area contributed by atoms with Crippen molar-refractivity contribution in [2.24, 2.45) is 11.7 Å². The van der Waals surface area contributed by atoms with Gasteiger partial charge in [0.05, 0.1) is 13.2 Å². The number of ether oxygens (including phenoxy) is 3. The highest BCUT2D eigenvalue weighted by molar-refractivity contribution is 5.96. The first kappa shape index (κ1) is 21.4. The molecule has 0 saturated carbocycles. The summed E-state index contributed by atoms with van der Waals surface area (Å²) in [7, 11) is 1.22. The Kier molecular flexibility index (Phi) is 7.18. The lowest BCUT2D eigenvalue weighted by Gasteiger charge is -2.26. The van der Waals surface area contributed by atoms with Gasteiger partial charge in [-0.25, -0.2) is 0 Å². The van der Waals surface area contributed by atoms with E-state index in [2.05, 4.69) is 0 Å². The van der Waals surface area contributed by atoms with E-state index in [1.165, 1.54) is 7.11 Å². The second kappa shape index (κ2) is 9.37. The minimum Gasteiger partial charge on any atom is -0.489 e. The fourth-order valence-corrected chi connectivity index (χ4v) is 2.60. The van der Waals surface area contributed by atoms with Crippen LogP contribution in [-0.4, -0.2) is 24.6 Å². The van der Waals surface area contributed by atoms with E-state index in [-0.39, 0.29) is 0 Å². The van der Waals surface area contributed by atoms with E-state index in [4.69, 9.17) is 19.9 Å². The average molecular weight is 385 g/mol. The van der Waals surface area contributed by atoms with Crippen molar-refractivity contribution in [2.75, 3.05) is 7.11 Å². The molecule has 0 aromatic heterocycles. The van der Waals surface area contributed by atoms with Gasteiger partial charge in [-0.1, -0.05) is 42.5 Å². The number of benzene rings is 2. The SMILES string of the molecule is COC(=O)[C@@H](C(=O)OC(C)(C)C)C(N)c1ccc(OCc2ccccc2)cc1. The van der Waals surface area contributed by atoms with Gasteiger partial charge < -0.3 is 19.9 Å². The molecule has 2 atom stereocenters. The molecule has 6 heteroatoms. The monoisotopic (exact) mass is 385 g/mol. The lowest BCUT2D eigenvalue weighted by molar-refractivity contribution is -0.169. The number of carbonyl (C=O) groups excluding carboxylic acids is 2. The van der Waals surface area contributed by atoms with Crippen molar-refractivity contribution >= 4 is 11.9 Å². The average Bonchev–Trinajstić information content (AvgIpc) is 2.66. The van der Waals surface area contributed by atoms with Gasteiger partial charge in [0, 0.05) is 0 Å². The van der Waals surface area contributed by atoms with E-state index in [0.717, 1.165) is 5.56 Å². The minimum absolute atomic E-state index is 0.439. The van der Waals surface area contributed by atoms with Crippen molar-refractivity contribution in [3.8, 4) is 5.75 Å². The molecule has 0 saturated heterocycles. The zero-order valence-electron chi connectivity index (χ0n) is 16.7. The normalized spacial score (nSPS) is 13.3. The topological polar surface area (TPSA) is 87.9 Å². The van der Waals surface area contributed by atoms with Crippen LogP contribution >= 0.6 is 0 Å². The van der Waals surface area contributed by atoms with Gasteiger partial charge in [0.25, 0.3) is 0 Å². The quantitative estimate of drug-likeness (QED) is 0.581. The van der Waals surface area contributed by atoms with Gasteiger partial charge in [-0.2, -0.15) is 0 Å². The van der Waals surface area contributed by atoms with Crippen LogP contribution in [0.25, 0.3) is 0 Å². The maximum atomic E-state index is 12.5. The smallest absolute Gasteiger partial charge is 0.322 e. The molecule has 2 aromatic rings. The van der Waals surface area contributed by atoms with Crippen LogP contribution in [0.3, 0.4) is 0 Å². The third-order valence-electron chi connectivity index (χ3n) is 3.99. The summed E-state index contributed by atoms with van der Waals surface area (Å²) in [5.41, 5.74) is 7.13. The fourth-order valence-electron chi connectivity index (χ4n) is 2.60. The fraction of sp³-hybridized carbons (Fsp3) is 0.364. The molecule has 0 aliphatic carbocycles. The molecule has 150 valence electrons. The van der Waals surface area contributed by atoms with Crippen LogP contribution < -0.4 is 10.5 Å². The number of methoxy groups -OCH3 is 1. The lowest BCUT2D eigenvalue weighted by atomic mass is 9.93. The first-order valence-electron chi connectivity index (χ1n) is 9.04. The lowest BCUT2D eigenvalue weighted by Crippen LogP contribution is -2.39. The molecule has 0 fully saturated rings. The number of carbonyl (C=O) groups is 2. The number of hydrogen-bond donors (Lipinski definition) is 1. The molecule has 28 heavy (non-hydrogen) atoms. The first-order chi connectivity index (χ1) is 13.2. The predicted molar refractivity (Wildman–Crippen MR) is 105 cm³/mol. The summed E-state index contributed by atoms with van der Waals surface area (Å²) in [5, 5.41) is 0. The Morgan fingerprint density at radius 2 is 1.57 bits per heavy atom. The van der Waals surface area contributed by atoms with Crippen LogP contribution in [0.2, 0.25) is 0 Å². The van der Waals surface area contributed by atoms with Gasteiger partial charge in [-0.05, 0) is 44.0 Å². The molecule has 0 bridgehead atoms. The van der Waals surface area contributed by atoms with Crippen LogP contribution in [0.15, 0.2) is 54.6 Å². The van der Waals surface area contributed by atoms with Crippen molar-refractivity contribution in [3.63, 3.8) is 0 Å². The van der Waals surface area contributed by atoms with E-state index >= 15 is 0 Å². The molecule has 0 heterocycles. The van der Waals surface area contributed by atoms with E-state index < -0.39 is 29.5 Å². The molecule has 0 aliphatic rings. The summed E-state index contributed by atoms with van der Waals surface area (Å²) in [4.78, 5) is 24.6. The summed E-state index contributed by atoms with van der Waals surface area (Å²) < 4.78 is 15.8. The van der Waals surface area contributed by atoms with Gasteiger partial charge in [0.15, 0.2) is 5.92 Å². The highest BCUT2D eigenvalue weighted by Crippen LogP contribution is 2.26. The zero-order valence-corrected chi connectivity index (χ0v) is 16.7. The molecule has 2 N–H and O–H groups in total. The Balaban J connectivity index is 2.10. The van der Waals surface area contributed by atoms with Crippen molar-refractivity contribution in [1.82, 2.24) is 0 Å². The summed E-state index contributed by atoms with van der Waals surface area (Å²) in [5.74, 6) is -2.03. The van der Waals surface area contributed by atoms with E-state index in [9.17, 15) is 9.59 Å². The van der Waals surface area contributed by atoms with Crippen LogP contribution in [0.5, 0.6) is 5.75 Å². The van der Waals surface area contributed by atoms with Gasteiger partial charge in [0.2, 0.25) is 0 Å². The van der Waals surface area contributed by atoms with Crippen LogP contribution in [0, 0.1) is 5.92 Å². The van der Waals surface area contributed by atoms with Crippen molar-refractivity contribution in [1.29, 1.82) is 0 Å². The van der Waals surface area contributed by atoms with Crippen LogP contribution in [0.4, 0.5) is 0 Å². The number of esters is 2. The molecule has 2 aromatic carbocycles. The highest BCUT2D eigenvalue weighted by Gasteiger charge is 2.38. The second-order valence-corrected chi connectivity index (χ2v) is 7.40. The Labute approximate surface area is 165 Å². The van der Waals surface area contributed by atoms with E-state index in [1.807, 2.05) is 30.3 Å². The van der Waals surface area contributed by atoms with E-state index in [0.29, 0.717) is 17.9 Å². The van der Waals surface area contributed by atoms with E-state index in [1.54, 1.807) is 45.0 Å². The summed E-state index contributed by atoms with van der Waals surface area (Å²) in [6.07, 6.45) is 0. The zero-order chi connectivity index (χ0) is 20.7. The molecule has 1 unspecified atom stereocenters. The highest BCUT2D eigenvalue weighted by atomic mass is 16.6. The second-order valence-electron chi connectivity index (χ2n) is 7.40. The molecule has 0 spiro atoms. The Morgan fingerprint density at radius 1 is 0.964 bits per heavy atom. The van der Waals surface area contributed by atoms with Gasteiger partial charge in [-0.3, -0.25) is 9.59 Å². The standard InChI is InChI=1S/C22H27NO5/c1-22(2,3)28-21(25)18(20(24)26-4)19(23)16-10-12-17(13-11-16)27-14-15-8-6-5-7-9-15/h5-13,18-19H,14,23H2,1-4H3/t18-,19?/m0/s1. The molecule has 2 rings (SSSR count). The number of nitrogens with two attached hydrogens (primary N) is 1. The van der Waals surface area contributed by atoms with Crippen molar-refractivity contribution in [3.05, 3.63) is 65.7 Å². The third-order valence-corrected chi connectivity index (χ3v) is 3.99. The molecule has 0 aliphatic heterocycles. The van der Waals surface area contributed by atoms with Gasteiger partial charge in [0.1, 0.15) is 18.0 Å². The number of rotatable bonds is 7. The van der Waals surface area contributed by atoms with Gasteiger partial charge >= 0.3 is 11.9 Å². The maximum Gasteiger partial charge on any atom is 0.322 e. The summed E-state index contributed by atoms with van der Waals surface area (Å²) in [6, 6.07) is 15.9. The maximum absolute atomic E-state index is 12.5. The molecular formula is C22H27NO5. The number of hydrogen-bond acceptors (Lipinski definition) is 6.